The van der Waals surface area contributed by atoms with E-state index in [1.807, 2.05) is 0 Å². The molecule has 0 saturated carbocycles. The zero-order valence-electron chi connectivity index (χ0n) is 6.70. The van der Waals surface area contributed by atoms with Gasteiger partial charge in [0.25, 0.3) is 0 Å². The summed E-state index contributed by atoms with van der Waals surface area (Å²) in [6, 6.07) is 0. The second-order valence-corrected chi connectivity index (χ2v) is 0.693. The zero-order valence-corrected chi connectivity index (χ0v) is 6.70. The van der Waals surface area contributed by atoms with E-state index in [2.05, 4.69) is 0 Å². The molecule has 0 aromatic rings. The Bertz CT molecular complexity index is 37.0. The van der Waals surface area contributed by atoms with Crippen molar-refractivity contribution in [2.24, 2.45) is 0 Å². The zero-order chi connectivity index (χ0) is 7.15. The van der Waals surface area contributed by atoms with Crippen LogP contribution >= 0.6 is 0 Å². The Hall–Kier alpha value is -0.600. The Balaban J connectivity index is -0.00000000468. The average molecular weight is 264 g/mol. The summed E-state index contributed by atoms with van der Waals surface area (Å²) in [6.07, 6.45) is 0. The van der Waals surface area contributed by atoms with Gasteiger partial charge >= 0.3 is 14.6 Å². The lowest BCUT2D eigenvalue weighted by Crippen LogP contribution is -2.07. The first kappa shape index (κ1) is 88.7. The van der Waals surface area contributed by atoms with E-state index in [-0.39, 0.29) is 32.9 Å². The van der Waals surface area contributed by atoms with Gasteiger partial charge in [0.2, 0.25) is 0 Å². The molecule has 6 nitrogen and oxygen atoms in total. The van der Waals surface area contributed by atoms with Crippen LogP contribution in [0.3, 0.4) is 0 Å². The second kappa shape index (κ2) is 70.7. The van der Waals surface area contributed by atoms with E-state index in [1.165, 1.54) is 0 Å². The molecule has 0 atom stereocenters. The van der Waals surface area contributed by atoms with E-state index in [1.54, 1.807) is 0 Å². The number of hydrogen-bond acceptors (Lipinski definition) is 6. The molecule has 15 heavy (non-hydrogen) atoms. The summed E-state index contributed by atoms with van der Waals surface area (Å²) in [5.41, 5.74) is 0. The monoisotopic (exact) mass is 264 g/mol. The third kappa shape index (κ3) is 4840. The van der Waals surface area contributed by atoms with Gasteiger partial charge in [0.1, 0.15) is 0 Å². The van der Waals surface area contributed by atoms with E-state index in [0.717, 1.165) is 0 Å². The van der Waals surface area contributed by atoms with E-state index >= 15 is 0 Å². The minimum Gasteiger partial charge on any atom is -0.402 e. The normalized spacial score (nSPS) is 3.60. The Labute approximate surface area is 79.1 Å². The molecule has 0 aliphatic carbocycles. The summed E-state index contributed by atoms with van der Waals surface area (Å²) in [5.74, 6) is 0. The highest BCUT2D eigenvalue weighted by Crippen LogP contribution is 1.40. The van der Waals surface area contributed by atoms with Crippen molar-refractivity contribution in [3.05, 3.63) is 0 Å². The van der Waals surface area contributed by atoms with Crippen LogP contribution < -0.4 is 0 Å². The van der Waals surface area contributed by atoms with Crippen LogP contribution in [0.4, 0.5) is 32.9 Å². The summed E-state index contributed by atoms with van der Waals surface area (Å²) in [5, 5.41) is 43.0. The van der Waals surface area contributed by atoms with Gasteiger partial charge in [-0.15, -0.1) is 0 Å². The summed E-state index contributed by atoms with van der Waals surface area (Å²) in [4.78, 5) is 0. The van der Waals surface area contributed by atoms with Crippen molar-refractivity contribution in [2.75, 3.05) is 0 Å². The SMILES string of the molecule is F.F.F.F.F.F.F.OB(O)O.OB(O)O. The van der Waals surface area contributed by atoms with Crippen LogP contribution in [0.25, 0.3) is 0 Å². The molecular weight excluding hydrogens is 251 g/mol. The highest BCUT2D eigenvalue weighted by Gasteiger charge is 1.93. The summed E-state index contributed by atoms with van der Waals surface area (Å²) >= 11 is 0. The lowest BCUT2D eigenvalue weighted by atomic mass is 10.3. The first-order chi connectivity index (χ1) is 3.46. The van der Waals surface area contributed by atoms with E-state index in [0.29, 0.717) is 0 Å². The quantitative estimate of drug-likeness (QED) is 0.204. The molecule has 0 aromatic carbocycles. The molecule has 0 rings (SSSR count). The largest absolute Gasteiger partial charge is 0.631 e. The molecule has 104 valence electrons. The van der Waals surface area contributed by atoms with Gasteiger partial charge in [-0.25, -0.2) is 0 Å². The van der Waals surface area contributed by atoms with Crippen molar-refractivity contribution in [1.29, 1.82) is 0 Å². The second-order valence-electron chi connectivity index (χ2n) is 0.693. The highest BCUT2D eigenvalue weighted by molar-refractivity contribution is 6.30. The van der Waals surface area contributed by atoms with Crippen molar-refractivity contribution in [3.63, 3.8) is 0 Å². The lowest BCUT2D eigenvalue weighted by Gasteiger charge is -1.69. The minimum absolute atomic E-state index is 0. The summed E-state index contributed by atoms with van der Waals surface area (Å²) in [6.45, 7) is 0. The highest BCUT2D eigenvalue weighted by atomic mass is 19.0. The van der Waals surface area contributed by atoms with Gasteiger partial charge in [0, 0.05) is 0 Å². The molecule has 0 saturated heterocycles. The van der Waals surface area contributed by atoms with Crippen LogP contribution in [0.15, 0.2) is 0 Å². The lowest BCUT2D eigenvalue weighted by molar-refractivity contribution is 0.276. The predicted octanol–water partition coefficient (Wildman–Crippen LogP) is -3.04. The molecule has 15 heteroatoms. The molecule has 0 unspecified atom stereocenters. The molecule has 0 fully saturated rings. The molecule has 0 radical (unpaired) electrons. The van der Waals surface area contributed by atoms with E-state index < -0.39 is 14.6 Å². The van der Waals surface area contributed by atoms with Gasteiger partial charge in [-0.3, -0.25) is 32.9 Å². The summed E-state index contributed by atoms with van der Waals surface area (Å²) in [7, 11) is -4.33. The third-order valence-electron chi connectivity index (χ3n) is 0. The number of halogens is 7. The van der Waals surface area contributed by atoms with E-state index in [9.17, 15) is 0 Å². The van der Waals surface area contributed by atoms with Crippen molar-refractivity contribution in [1.82, 2.24) is 0 Å². The average Bonchev–Trinajstić information content (AvgIpc) is 1.25. The van der Waals surface area contributed by atoms with E-state index in [4.69, 9.17) is 30.1 Å². The molecule has 0 aromatic heterocycles. The van der Waals surface area contributed by atoms with Gasteiger partial charge in [-0.1, -0.05) is 0 Å². The fraction of sp³-hybridized carbons (Fsp3) is 0. The predicted molar refractivity (Wildman–Crippen MR) is 42.3 cm³/mol. The van der Waals surface area contributed by atoms with Crippen molar-refractivity contribution in [3.8, 4) is 0 Å². The first-order valence-electron chi connectivity index (χ1n) is 1.55. The van der Waals surface area contributed by atoms with Gasteiger partial charge in [-0.05, 0) is 0 Å². The van der Waals surface area contributed by atoms with Crippen LogP contribution in [0.1, 0.15) is 0 Å². The van der Waals surface area contributed by atoms with Gasteiger partial charge < -0.3 is 30.1 Å². The Kier molecular flexibility index (Phi) is 418. The smallest absolute Gasteiger partial charge is 0.402 e. The maximum absolute atomic E-state index is 7.17. The van der Waals surface area contributed by atoms with Crippen LogP contribution in [-0.2, 0) is 0 Å². The maximum atomic E-state index is 7.17. The fourth-order valence-electron chi connectivity index (χ4n) is 0. The van der Waals surface area contributed by atoms with Gasteiger partial charge in [0.05, 0.1) is 0 Å². The minimum atomic E-state index is -2.17. The molecule has 0 heterocycles. The number of rotatable bonds is 0. The Morgan fingerprint density at radius 2 is 0.333 bits per heavy atom. The molecule has 6 N–H and O–H groups in total. The first-order valence-corrected chi connectivity index (χ1v) is 1.55. The standard InChI is InChI=1S/2BH3O3.7FH/c2*2-1(3)4;;;;;;;/h2*2-4H;7*1H. The van der Waals surface area contributed by atoms with Crippen molar-refractivity contribution < 1.29 is 63.1 Å². The molecular formula is H13B2F7O6. The molecule has 0 aliphatic heterocycles. The third-order valence-corrected chi connectivity index (χ3v) is 0. The van der Waals surface area contributed by atoms with Crippen LogP contribution in [0, 0.1) is 0 Å². The summed E-state index contributed by atoms with van der Waals surface area (Å²) < 4.78 is 0. The van der Waals surface area contributed by atoms with Crippen molar-refractivity contribution >= 4 is 14.6 Å². The van der Waals surface area contributed by atoms with Crippen LogP contribution in [0.2, 0.25) is 0 Å². The van der Waals surface area contributed by atoms with Gasteiger partial charge in [-0.2, -0.15) is 0 Å². The Morgan fingerprint density at radius 1 is 0.333 bits per heavy atom. The Morgan fingerprint density at radius 3 is 0.333 bits per heavy atom. The molecule has 0 aliphatic rings. The van der Waals surface area contributed by atoms with Crippen LogP contribution in [0.5, 0.6) is 0 Å². The molecule has 0 bridgehead atoms. The van der Waals surface area contributed by atoms with Crippen LogP contribution in [-0.4, -0.2) is 44.8 Å². The number of hydrogen-bond donors (Lipinski definition) is 6. The molecule has 0 spiro atoms. The van der Waals surface area contributed by atoms with Crippen molar-refractivity contribution in [2.45, 2.75) is 0 Å². The fourth-order valence-corrected chi connectivity index (χ4v) is 0. The topological polar surface area (TPSA) is 121 Å². The maximum Gasteiger partial charge on any atom is 0.631 e. The van der Waals surface area contributed by atoms with Gasteiger partial charge in [0.15, 0.2) is 0 Å². The molecule has 0 amide bonds.